The summed E-state index contributed by atoms with van der Waals surface area (Å²) in [5.74, 6) is -1.96. The van der Waals surface area contributed by atoms with E-state index >= 15 is 0 Å². The lowest BCUT2D eigenvalue weighted by Crippen LogP contribution is -2.44. The molecule has 0 aliphatic carbocycles. The van der Waals surface area contributed by atoms with Gasteiger partial charge in [0, 0.05) is 18.8 Å². The SMILES string of the molecule is COC(=O)c1ccc(C)c(NC(=O)C2CCCN(C(=O)c3ccccc3OC(F)F)C2)c1. The minimum Gasteiger partial charge on any atom is -0.465 e. The molecule has 7 nitrogen and oxygen atoms in total. The van der Waals surface area contributed by atoms with E-state index < -0.39 is 24.4 Å². The Balaban J connectivity index is 1.72. The first-order valence-corrected chi connectivity index (χ1v) is 10.1. The van der Waals surface area contributed by atoms with Crippen molar-refractivity contribution in [1.82, 2.24) is 4.90 Å². The molecule has 0 aromatic heterocycles. The highest BCUT2D eigenvalue weighted by atomic mass is 19.3. The Bertz CT molecular complexity index is 1010. The van der Waals surface area contributed by atoms with Gasteiger partial charge in [-0.2, -0.15) is 8.78 Å². The predicted octanol–water partition coefficient (Wildman–Crippen LogP) is 3.87. The number of nitrogens with one attached hydrogen (secondary N) is 1. The summed E-state index contributed by atoms with van der Waals surface area (Å²) >= 11 is 0. The maximum atomic E-state index is 13.0. The molecule has 3 rings (SSSR count). The molecule has 1 atom stereocenters. The Morgan fingerprint density at radius 2 is 1.91 bits per heavy atom. The minimum atomic E-state index is -3.05. The Hall–Kier alpha value is -3.49. The van der Waals surface area contributed by atoms with E-state index in [-0.39, 0.29) is 23.8 Å². The van der Waals surface area contributed by atoms with Gasteiger partial charge in [0.15, 0.2) is 0 Å². The third-order valence-electron chi connectivity index (χ3n) is 5.33. The van der Waals surface area contributed by atoms with E-state index in [1.54, 1.807) is 31.2 Å². The molecule has 2 amide bonds. The summed E-state index contributed by atoms with van der Waals surface area (Å²) in [6.07, 6.45) is 1.16. The number of likely N-dealkylation sites (tertiary alicyclic amines) is 1. The largest absolute Gasteiger partial charge is 0.465 e. The number of alkyl halides is 2. The first-order chi connectivity index (χ1) is 15.3. The van der Waals surface area contributed by atoms with Crippen molar-refractivity contribution in [3.63, 3.8) is 0 Å². The predicted molar refractivity (Wildman–Crippen MR) is 113 cm³/mol. The van der Waals surface area contributed by atoms with Crippen molar-refractivity contribution in [2.75, 3.05) is 25.5 Å². The van der Waals surface area contributed by atoms with Gasteiger partial charge in [0.2, 0.25) is 5.91 Å². The average molecular weight is 446 g/mol. The molecule has 0 bridgehead atoms. The summed E-state index contributed by atoms with van der Waals surface area (Å²) in [5, 5.41) is 2.83. The Morgan fingerprint density at radius 3 is 2.62 bits per heavy atom. The number of ether oxygens (including phenoxy) is 2. The molecular weight excluding hydrogens is 422 g/mol. The van der Waals surface area contributed by atoms with Gasteiger partial charge >= 0.3 is 12.6 Å². The van der Waals surface area contributed by atoms with Crippen molar-refractivity contribution in [3.8, 4) is 5.75 Å². The number of methoxy groups -OCH3 is 1. The van der Waals surface area contributed by atoms with Crippen LogP contribution in [0.1, 0.15) is 39.1 Å². The number of hydrogen-bond acceptors (Lipinski definition) is 5. The van der Waals surface area contributed by atoms with Crippen LogP contribution in [-0.4, -0.2) is 49.5 Å². The van der Waals surface area contributed by atoms with Gasteiger partial charge in [0.05, 0.1) is 24.2 Å². The number of rotatable bonds is 6. The van der Waals surface area contributed by atoms with Gasteiger partial charge in [-0.15, -0.1) is 0 Å². The number of aryl methyl sites for hydroxylation is 1. The highest BCUT2D eigenvalue weighted by Crippen LogP contribution is 2.26. The fourth-order valence-corrected chi connectivity index (χ4v) is 3.62. The fraction of sp³-hybridized carbons (Fsp3) is 0.348. The third kappa shape index (κ3) is 5.40. The molecule has 9 heteroatoms. The molecule has 0 saturated carbocycles. The Labute approximate surface area is 184 Å². The highest BCUT2D eigenvalue weighted by molar-refractivity contribution is 5.99. The zero-order valence-corrected chi connectivity index (χ0v) is 17.8. The van der Waals surface area contributed by atoms with E-state index in [1.165, 1.54) is 30.2 Å². The summed E-state index contributed by atoms with van der Waals surface area (Å²) in [7, 11) is 1.28. The summed E-state index contributed by atoms with van der Waals surface area (Å²) in [5.41, 5.74) is 1.59. The van der Waals surface area contributed by atoms with E-state index in [4.69, 9.17) is 4.74 Å². The van der Waals surface area contributed by atoms with Crippen LogP contribution in [0.2, 0.25) is 0 Å². The number of benzene rings is 2. The topological polar surface area (TPSA) is 84.9 Å². The van der Waals surface area contributed by atoms with Gasteiger partial charge in [0.25, 0.3) is 5.91 Å². The van der Waals surface area contributed by atoms with Gasteiger partial charge in [-0.1, -0.05) is 18.2 Å². The fourth-order valence-electron chi connectivity index (χ4n) is 3.62. The van der Waals surface area contributed by atoms with Crippen LogP contribution < -0.4 is 10.1 Å². The molecule has 1 saturated heterocycles. The number of amides is 2. The third-order valence-corrected chi connectivity index (χ3v) is 5.33. The number of carbonyl (C=O) groups is 3. The molecule has 2 aromatic rings. The first kappa shape index (κ1) is 23.2. The molecule has 1 aliphatic rings. The van der Waals surface area contributed by atoms with Crippen LogP contribution in [0.5, 0.6) is 5.75 Å². The lowest BCUT2D eigenvalue weighted by Gasteiger charge is -2.32. The van der Waals surface area contributed by atoms with Gasteiger partial charge in [0.1, 0.15) is 5.75 Å². The van der Waals surface area contributed by atoms with Gasteiger partial charge in [-0.25, -0.2) is 4.79 Å². The number of carbonyl (C=O) groups excluding carboxylic acids is 3. The van der Waals surface area contributed by atoms with Gasteiger partial charge in [-0.05, 0) is 49.6 Å². The van der Waals surface area contributed by atoms with E-state index in [9.17, 15) is 23.2 Å². The van der Waals surface area contributed by atoms with Crippen molar-refractivity contribution in [1.29, 1.82) is 0 Å². The number of nitrogens with zero attached hydrogens (tertiary/aromatic N) is 1. The Kier molecular flexibility index (Phi) is 7.40. The highest BCUT2D eigenvalue weighted by Gasteiger charge is 2.30. The van der Waals surface area contributed by atoms with Gasteiger partial charge in [-0.3, -0.25) is 9.59 Å². The van der Waals surface area contributed by atoms with Crippen molar-refractivity contribution < 1.29 is 32.6 Å². The summed E-state index contributed by atoms with van der Waals surface area (Å²) < 4.78 is 34.6. The smallest absolute Gasteiger partial charge is 0.387 e. The number of esters is 1. The lowest BCUT2D eigenvalue weighted by atomic mass is 9.96. The summed E-state index contributed by atoms with van der Waals surface area (Å²) in [6, 6.07) is 10.7. The molecule has 0 spiro atoms. The standard InChI is InChI=1S/C23H24F2N2O5/c1-14-9-10-15(22(30)31-2)12-18(14)26-20(28)16-6-5-11-27(13-16)21(29)17-7-3-4-8-19(17)32-23(24)25/h3-4,7-10,12,16,23H,5-6,11,13H2,1-2H3,(H,26,28). The van der Waals surface area contributed by atoms with Crippen molar-refractivity contribution >= 4 is 23.5 Å². The van der Waals surface area contributed by atoms with E-state index in [2.05, 4.69) is 10.1 Å². The quantitative estimate of drug-likeness (QED) is 0.681. The molecule has 170 valence electrons. The summed E-state index contributed by atoms with van der Waals surface area (Å²) in [4.78, 5) is 39.1. The first-order valence-electron chi connectivity index (χ1n) is 10.1. The maximum Gasteiger partial charge on any atom is 0.387 e. The molecule has 0 radical (unpaired) electrons. The maximum absolute atomic E-state index is 13.0. The van der Waals surface area contributed by atoms with Crippen LogP contribution in [-0.2, 0) is 9.53 Å². The molecule has 1 heterocycles. The second kappa shape index (κ2) is 10.2. The molecule has 1 fully saturated rings. The van der Waals surface area contributed by atoms with Crippen LogP contribution in [0.3, 0.4) is 0 Å². The minimum absolute atomic E-state index is 0.0236. The van der Waals surface area contributed by atoms with Crippen molar-refractivity contribution in [2.45, 2.75) is 26.4 Å². The zero-order valence-electron chi connectivity index (χ0n) is 17.8. The lowest BCUT2D eigenvalue weighted by molar-refractivity contribution is -0.121. The number of anilines is 1. The Morgan fingerprint density at radius 1 is 1.16 bits per heavy atom. The number of halogens is 2. The zero-order chi connectivity index (χ0) is 23.3. The van der Waals surface area contributed by atoms with Crippen LogP contribution in [0, 0.1) is 12.8 Å². The van der Waals surface area contributed by atoms with E-state index in [0.29, 0.717) is 30.6 Å². The molecule has 1 N–H and O–H groups in total. The van der Waals surface area contributed by atoms with E-state index in [1.807, 2.05) is 0 Å². The molecular formula is C23H24F2N2O5. The number of hydrogen-bond donors (Lipinski definition) is 1. The number of para-hydroxylation sites is 1. The van der Waals surface area contributed by atoms with Crippen LogP contribution in [0.25, 0.3) is 0 Å². The van der Waals surface area contributed by atoms with Gasteiger partial charge < -0.3 is 19.7 Å². The molecule has 1 aliphatic heterocycles. The second-order valence-electron chi connectivity index (χ2n) is 7.48. The molecule has 32 heavy (non-hydrogen) atoms. The second-order valence-corrected chi connectivity index (χ2v) is 7.48. The normalized spacial score (nSPS) is 15.9. The summed E-state index contributed by atoms with van der Waals surface area (Å²) in [6.45, 7) is -0.702. The number of piperidine rings is 1. The monoisotopic (exact) mass is 446 g/mol. The van der Waals surface area contributed by atoms with Crippen LogP contribution >= 0.6 is 0 Å². The van der Waals surface area contributed by atoms with Crippen LogP contribution in [0.15, 0.2) is 42.5 Å². The molecule has 2 aromatic carbocycles. The average Bonchev–Trinajstić information content (AvgIpc) is 2.79. The van der Waals surface area contributed by atoms with Crippen molar-refractivity contribution in [3.05, 3.63) is 59.2 Å². The molecule has 1 unspecified atom stereocenters. The van der Waals surface area contributed by atoms with Crippen LogP contribution in [0.4, 0.5) is 14.5 Å². The van der Waals surface area contributed by atoms with Crippen molar-refractivity contribution in [2.24, 2.45) is 5.92 Å². The van der Waals surface area contributed by atoms with E-state index in [0.717, 1.165) is 5.56 Å².